The molecule has 0 spiro atoms. The van der Waals surface area contributed by atoms with Crippen LogP contribution in [0.25, 0.3) is 0 Å². The van der Waals surface area contributed by atoms with Crippen LogP contribution in [0.4, 0.5) is 11.5 Å². The Balaban J connectivity index is 2.47. The third kappa shape index (κ3) is 3.45. The van der Waals surface area contributed by atoms with Crippen molar-refractivity contribution in [3.05, 3.63) is 49.4 Å². The highest BCUT2D eigenvalue weighted by atomic mass is 35.5. The van der Waals surface area contributed by atoms with Gasteiger partial charge in [-0.05, 0) is 12.1 Å². The Bertz CT molecular complexity index is 711. The number of nitrogen functional groups attached to an aromatic ring is 1. The Kier molecular flexibility index (Phi) is 4.69. The number of hydrogen-bond acceptors (Lipinski definition) is 6. The molecule has 21 heavy (non-hydrogen) atoms. The molecule has 110 valence electrons. The van der Waals surface area contributed by atoms with Gasteiger partial charge >= 0.3 is 11.6 Å². The molecular formula is C11H7Cl3N4O3. The van der Waals surface area contributed by atoms with Crippen LogP contribution in [0.2, 0.25) is 15.1 Å². The second kappa shape index (κ2) is 6.31. The van der Waals surface area contributed by atoms with Crippen molar-refractivity contribution in [2.45, 2.75) is 0 Å². The Hall–Kier alpha value is -1.80. The Morgan fingerprint density at radius 2 is 1.86 bits per heavy atom. The molecular weight excluding hydrogens is 343 g/mol. The molecule has 2 aromatic rings. The summed E-state index contributed by atoms with van der Waals surface area (Å²) in [7, 11) is 0. The molecule has 0 amide bonds. The number of pyridine rings is 1. The number of nitrogens with two attached hydrogens (primary N) is 1. The van der Waals surface area contributed by atoms with Gasteiger partial charge in [0.15, 0.2) is 0 Å². The van der Waals surface area contributed by atoms with E-state index < -0.39 is 4.92 Å². The topological polar surface area (TPSA) is 103 Å². The fourth-order valence-corrected chi connectivity index (χ4v) is 1.99. The number of rotatable bonds is 4. The highest BCUT2D eigenvalue weighted by Gasteiger charge is 2.20. The first-order chi connectivity index (χ1) is 9.92. The minimum Gasteiger partial charge on any atom is -0.432 e. The quantitative estimate of drug-likeness (QED) is 0.374. The van der Waals surface area contributed by atoms with Crippen LogP contribution in [-0.2, 0) is 0 Å². The number of hydrazine groups is 1. The number of hydrogen-bond donors (Lipinski definition) is 2. The summed E-state index contributed by atoms with van der Waals surface area (Å²) in [5.74, 6) is 5.19. The first-order valence-electron chi connectivity index (χ1n) is 5.37. The van der Waals surface area contributed by atoms with E-state index in [9.17, 15) is 10.1 Å². The van der Waals surface area contributed by atoms with Crippen molar-refractivity contribution >= 4 is 46.3 Å². The molecule has 0 saturated heterocycles. The van der Waals surface area contributed by atoms with E-state index in [2.05, 4.69) is 10.4 Å². The molecule has 0 fully saturated rings. The van der Waals surface area contributed by atoms with Gasteiger partial charge < -0.3 is 10.2 Å². The van der Waals surface area contributed by atoms with Gasteiger partial charge in [0.2, 0.25) is 0 Å². The summed E-state index contributed by atoms with van der Waals surface area (Å²) in [6.07, 6.45) is 0. The minimum absolute atomic E-state index is 0.0795. The fourth-order valence-electron chi connectivity index (χ4n) is 1.41. The second-order valence-corrected chi connectivity index (χ2v) is 4.94. The van der Waals surface area contributed by atoms with Crippen molar-refractivity contribution in [3.8, 4) is 11.6 Å². The molecule has 0 saturated carbocycles. The average molecular weight is 350 g/mol. The molecule has 1 aromatic heterocycles. The van der Waals surface area contributed by atoms with Gasteiger partial charge in [0.25, 0.3) is 0 Å². The highest BCUT2D eigenvalue weighted by molar-refractivity contribution is 6.43. The maximum absolute atomic E-state index is 11.0. The molecule has 7 nitrogen and oxygen atoms in total. The minimum atomic E-state index is -0.645. The van der Waals surface area contributed by atoms with Gasteiger partial charge in [-0.25, -0.2) is 5.84 Å². The van der Waals surface area contributed by atoms with Gasteiger partial charge in [-0.15, -0.1) is 0 Å². The largest absolute Gasteiger partial charge is 0.432 e. The SMILES string of the molecule is NNc1ccc([N+](=O)[O-])c(Oc2cc(Cl)c(Cl)cc2Cl)n1. The van der Waals surface area contributed by atoms with Crippen molar-refractivity contribution in [2.24, 2.45) is 5.84 Å². The van der Waals surface area contributed by atoms with Gasteiger partial charge in [-0.3, -0.25) is 10.1 Å². The van der Waals surface area contributed by atoms with Crippen molar-refractivity contribution in [1.29, 1.82) is 0 Å². The third-order valence-corrected chi connectivity index (χ3v) is 3.38. The zero-order valence-corrected chi connectivity index (χ0v) is 12.4. The molecule has 0 atom stereocenters. The van der Waals surface area contributed by atoms with Gasteiger partial charge in [0, 0.05) is 12.1 Å². The molecule has 1 heterocycles. The molecule has 2 rings (SSSR count). The first kappa shape index (κ1) is 15.6. The number of nitrogens with zero attached hydrogens (tertiary/aromatic N) is 2. The molecule has 3 N–H and O–H groups in total. The maximum atomic E-state index is 11.0. The summed E-state index contributed by atoms with van der Waals surface area (Å²) >= 11 is 17.6. The first-order valence-corrected chi connectivity index (χ1v) is 6.50. The summed E-state index contributed by atoms with van der Waals surface area (Å²) in [4.78, 5) is 14.2. The van der Waals surface area contributed by atoms with E-state index in [1.54, 1.807) is 0 Å². The summed E-state index contributed by atoms with van der Waals surface area (Å²) in [6, 6.07) is 5.22. The van der Waals surface area contributed by atoms with E-state index in [4.69, 9.17) is 45.4 Å². The molecule has 0 aliphatic heterocycles. The van der Waals surface area contributed by atoms with Crippen LogP contribution >= 0.6 is 34.8 Å². The van der Waals surface area contributed by atoms with E-state index in [0.717, 1.165) is 0 Å². The highest BCUT2D eigenvalue weighted by Crippen LogP contribution is 2.38. The zero-order chi connectivity index (χ0) is 15.6. The van der Waals surface area contributed by atoms with Crippen LogP contribution in [0, 0.1) is 10.1 Å². The van der Waals surface area contributed by atoms with Crippen molar-refractivity contribution in [3.63, 3.8) is 0 Å². The second-order valence-electron chi connectivity index (χ2n) is 3.72. The molecule has 0 radical (unpaired) electrons. The zero-order valence-electron chi connectivity index (χ0n) is 10.1. The average Bonchev–Trinajstić information content (AvgIpc) is 2.44. The van der Waals surface area contributed by atoms with Crippen LogP contribution in [0.1, 0.15) is 0 Å². The van der Waals surface area contributed by atoms with Crippen molar-refractivity contribution in [2.75, 3.05) is 5.43 Å². The van der Waals surface area contributed by atoms with Crippen LogP contribution in [0.3, 0.4) is 0 Å². The van der Waals surface area contributed by atoms with Gasteiger partial charge in [0.1, 0.15) is 11.6 Å². The predicted molar refractivity (Wildman–Crippen MR) is 80.2 cm³/mol. The lowest BCUT2D eigenvalue weighted by atomic mass is 10.3. The molecule has 0 bridgehead atoms. The Morgan fingerprint density at radius 3 is 2.48 bits per heavy atom. The number of nitro groups is 1. The lowest BCUT2D eigenvalue weighted by molar-refractivity contribution is -0.386. The summed E-state index contributed by atoms with van der Waals surface area (Å²) in [5.41, 5.74) is 1.91. The standard InChI is InChI=1S/C11H7Cl3N4O3/c12-5-3-7(14)9(4-6(5)13)21-11-8(18(19)20)1-2-10(16-11)17-15/h1-4H,15H2,(H,16,17). The van der Waals surface area contributed by atoms with Gasteiger partial charge in [-0.1, -0.05) is 34.8 Å². The van der Waals surface area contributed by atoms with E-state index in [1.807, 2.05) is 0 Å². The van der Waals surface area contributed by atoms with Crippen LogP contribution in [0.5, 0.6) is 11.6 Å². The Morgan fingerprint density at radius 1 is 1.19 bits per heavy atom. The number of anilines is 1. The maximum Gasteiger partial charge on any atom is 0.331 e. The summed E-state index contributed by atoms with van der Waals surface area (Å²) < 4.78 is 5.36. The summed E-state index contributed by atoms with van der Waals surface area (Å²) in [6.45, 7) is 0. The molecule has 0 unspecified atom stereocenters. The van der Waals surface area contributed by atoms with Crippen LogP contribution in [0.15, 0.2) is 24.3 Å². The number of aromatic nitrogens is 1. The Labute approximate surface area is 133 Å². The van der Waals surface area contributed by atoms with E-state index in [1.165, 1.54) is 24.3 Å². The lowest BCUT2D eigenvalue weighted by Gasteiger charge is -2.09. The third-order valence-electron chi connectivity index (χ3n) is 2.37. The monoisotopic (exact) mass is 348 g/mol. The van der Waals surface area contributed by atoms with Crippen molar-refractivity contribution < 1.29 is 9.66 Å². The van der Waals surface area contributed by atoms with E-state index in [0.29, 0.717) is 0 Å². The molecule has 0 aliphatic carbocycles. The summed E-state index contributed by atoms with van der Waals surface area (Å²) in [5, 5.41) is 11.5. The van der Waals surface area contributed by atoms with E-state index in [-0.39, 0.29) is 38.2 Å². The normalized spacial score (nSPS) is 10.3. The molecule has 0 aliphatic rings. The van der Waals surface area contributed by atoms with Crippen LogP contribution < -0.4 is 16.0 Å². The number of ether oxygens (including phenoxy) is 1. The van der Waals surface area contributed by atoms with Gasteiger partial charge in [0.05, 0.1) is 20.0 Å². The number of benzene rings is 1. The van der Waals surface area contributed by atoms with Gasteiger partial charge in [-0.2, -0.15) is 4.98 Å². The lowest BCUT2D eigenvalue weighted by Crippen LogP contribution is -2.09. The number of nitrogens with one attached hydrogen (secondary N) is 1. The molecule has 10 heteroatoms. The van der Waals surface area contributed by atoms with Crippen molar-refractivity contribution in [1.82, 2.24) is 4.98 Å². The fraction of sp³-hybridized carbons (Fsp3) is 0. The van der Waals surface area contributed by atoms with E-state index >= 15 is 0 Å². The number of halogens is 3. The van der Waals surface area contributed by atoms with Crippen LogP contribution in [-0.4, -0.2) is 9.91 Å². The predicted octanol–water partition coefficient (Wildman–Crippen LogP) is 4.03. The molecule has 1 aromatic carbocycles. The smallest absolute Gasteiger partial charge is 0.331 e.